The van der Waals surface area contributed by atoms with Crippen molar-refractivity contribution >= 4 is 17.6 Å². The zero-order valence-electron chi connectivity index (χ0n) is 16.1. The van der Waals surface area contributed by atoms with Crippen LogP contribution in [-0.4, -0.2) is 22.4 Å². The summed E-state index contributed by atoms with van der Waals surface area (Å²) in [6.07, 6.45) is 2.20. The predicted octanol–water partition coefficient (Wildman–Crippen LogP) is 5.03. The summed E-state index contributed by atoms with van der Waals surface area (Å²) in [4.78, 5) is 12.3. The van der Waals surface area contributed by atoms with Gasteiger partial charge in [-0.3, -0.25) is 4.79 Å². The van der Waals surface area contributed by atoms with E-state index in [1.807, 2.05) is 41.9 Å². The maximum atomic E-state index is 12.3. The zero-order valence-corrected chi connectivity index (χ0v) is 16.9. The Morgan fingerprint density at radius 3 is 2.61 bits per heavy atom. The van der Waals surface area contributed by atoms with Crippen LogP contribution in [0, 0.1) is 5.92 Å². The lowest BCUT2D eigenvalue weighted by atomic mass is 10.0. The Morgan fingerprint density at radius 2 is 1.89 bits per heavy atom. The molecule has 0 amide bonds. The molecular formula is C23H23ClN2O2. The molecule has 0 spiro atoms. The molecule has 0 aliphatic heterocycles. The van der Waals surface area contributed by atoms with E-state index in [9.17, 15) is 4.79 Å². The van der Waals surface area contributed by atoms with E-state index >= 15 is 0 Å². The molecule has 1 aromatic heterocycles. The Bertz CT molecular complexity index is 1010. The van der Waals surface area contributed by atoms with Crippen molar-refractivity contribution in [2.24, 2.45) is 5.92 Å². The monoisotopic (exact) mass is 394 g/mol. The van der Waals surface area contributed by atoms with Gasteiger partial charge in [-0.05, 0) is 43.5 Å². The molecule has 1 aliphatic carbocycles. The first kappa shape index (κ1) is 18.8. The minimum absolute atomic E-state index is 0.136. The van der Waals surface area contributed by atoms with Crippen molar-refractivity contribution in [2.75, 3.05) is 6.61 Å². The quantitative estimate of drug-likeness (QED) is 0.570. The average Bonchev–Trinajstić information content (AvgIpc) is 3.27. The third-order valence-corrected chi connectivity index (χ3v) is 5.55. The van der Waals surface area contributed by atoms with Crippen molar-refractivity contribution in [3.05, 3.63) is 70.4 Å². The molecule has 1 unspecified atom stereocenters. The van der Waals surface area contributed by atoms with Gasteiger partial charge in [-0.15, -0.1) is 0 Å². The molecular weight excluding hydrogens is 372 g/mol. The largest absolute Gasteiger partial charge is 0.466 e. The minimum atomic E-state index is -0.153. The van der Waals surface area contributed by atoms with Crippen LogP contribution in [-0.2, 0) is 28.8 Å². The van der Waals surface area contributed by atoms with Gasteiger partial charge in [0.05, 0.1) is 29.6 Å². The highest BCUT2D eigenvalue weighted by Crippen LogP contribution is 2.38. The molecule has 0 N–H and O–H groups in total. The number of aromatic nitrogens is 2. The van der Waals surface area contributed by atoms with E-state index in [-0.39, 0.29) is 11.9 Å². The molecule has 0 saturated heterocycles. The van der Waals surface area contributed by atoms with E-state index in [2.05, 4.69) is 25.1 Å². The predicted molar refractivity (Wildman–Crippen MR) is 111 cm³/mol. The Morgan fingerprint density at radius 1 is 1.14 bits per heavy atom. The number of para-hydroxylation sites is 1. The number of halogens is 1. The molecule has 28 heavy (non-hydrogen) atoms. The highest BCUT2D eigenvalue weighted by atomic mass is 35.5. The van der Waals surface area contributed by atoms with Gasteiger partial charge in [0.1, 0.15) is 0 Å². The van der Waals surface area contributed by atoms with E-state index < -0.39 is 0 Å². The number of ether oxygens (including phenoxy) is 1. The van der Waals surface area contributed by atoms with Gasteiger partial charge >= 0.3 is 5.97 Å². The lowest BCUT2D eigenvalue weighted by molar-refractivity contribution is -0.147. The molecule has 3 aromatic rings. The van der Waals surface area contributed by atoms with Crippen LogP contribution >= 0.6 is 11.6 Å². The number of esters is 1. The van der Waals surface area contributed by atoms with Gasteiger partial charge in [-0.1, -0.05) is 48.9 Å². The number of hydrogen-bond acceptors (Lipinski definition) is 3. The fraction of sp³-hybridized carbons (Fsp3) is 0.304. The molecule has 1 atom stereocenters. The van der Waals surface area contributed by atoms with Gasteiger partial charge in [0.15, 0.2) is 0 Å². The second-order valence-corrected chi connectivity index (χ2v) is 7.47. The highest BCUT2D eigenvalue weighted by Gasteiger charge is 2.34. The topological polar surface area (TPSA) is 44.1 Å². The first-order valence-corrected chi connectivity index (χ1v) is 10.1. The van der Waals surface area contributed by atoms with E-state index in [1.165, 1.54) is 5.56 Å². The standard InChI is InChI=1S/C23H23ClN2O2/c1-3-15-7-5-6-8-21(15)26-22(16-9-11-18(24)12-10-16)19-13-17(14-20(19)25-26)23(27)28-4-2/h5-12,17H,3-4,13-14H2,1-2H3. The summed E-state index contributed by atoms with van der Waals surface area (Å²) >= 11 is 6.11. The van der Waals surface area contributed by atoms with Crippen LogP contribution in [0.3, 0.4) is 0 Å². The molecule has 144 valence electrons. The molecule has 0 saturated carbocycles. The van der Waals surface area contributed by atoms with Crippen molar-refractivity contribution in [3.63, 3.8) is 0 Å². The van der Waals surface area contributed by atoms with Crippen LogP contribution in [0.1, 0.15) is 30.7 Å². The van der Waals surface area contributed by atoms with E-state index in [0.29, 0.717) is 24.5 Å². The number of carbonyl (C=O) groups excluding carboxylic acids is 1. The molecule has 0 radical (unpaired) electrons. The Kier molecular flexibility index (Phi) is 5.23. The average molecular weight is 395 g/mol. The smallest absolute Gasteiger partial charge is 0.309 e. The number of hydrogen-bond donors (Lipinski definition) is 0. The molecule has 0 bridgehead atoms. The number of nitrogens with zero attached hydrogens (tertiary/aromatic N) is 2. The zero-order chi connectivity index (χ0) is 19.7. The van der Waals surface area contributed by atoms with Gasteiger partial charge < -0.3 is 4.74 Å². The number of rotatable bonds is 5. The summed E-state index contributed by atoms with van der Waals surface area (Å²) in [7, 11) is 0. The van der Waals surface area contributed by atoms with Crippen molar-refractivity contribution in [1.82, 2.24) is 9.78 Å². The number of benzene rings is 2. The molecule has 4 nitrogen and oxygen atoms in total. The summed E-state index contributed by atoms with van der Waals surface area (Å²) in [5.41, 5.74) is 6.52. The lowest BCUT2D eigenvalue weighted by Crippen LogP contribution is -2.19. The Hall–Kier alpha value is -2.59. The molecule has 2 aromatic carbocycles. The molecule has 1 aliphatic rings. The van der Waals surface area contributed by atoms with Gasteiger partial charge in [-0.25, -0.2) is 4.68 Å². The van der Waals surface area contributed by atoms with Gasteiger partial charge in [0.2, 0.25) is 0 Å². The van der Waals surface area contributed by atoms with E-state index in [1.54, 1.807) is 0 Å². The molecule has 1 heterocycles. The van der Waals surface area contributed by atoms with Crippen molar-refractivity contribution in [1.29, 1.82) is 0 Å². The fourth-order valence-corrected chi connectivity index (χ4v) is 4.07. The number of carbonyl (C=O) groups is 1. The van der Waals surface area contributed by atoms with Crippen molar-refractivity contribution < 1.29 is 9.53 Å². The van der Waals surface area contributed by atoms with Gasteiger partial charge in [0, 0.05) is 22.6 Å². The van der Waals surface area contributed by atoms with Crippen molar-refractivity contribution in [2.45, 2.75) is 33.1 Å². The Balaban J connectivity index is 1.84. The summed E-state index contributed by atoms with van der Waals surface area (Å²) in [5, 5.41) is 5.64. The minimum Gasteiger partial charge on any atom is -0.466 e. The SMILES string of the molecule is CCOC(=O)C1Cc2nn(-c3ccccc3CC)c(-c3ccc(Cl)cc3)c2C1. The van der Waals surface area contributed by atoms with E-state index in [0.717, 1.165) is 34.6 Å². The highest BCUT2D eigenvalue weighted by molar-refractivity contribution is 6.30. The van der Waals surface area contributed by atoms with Gasteiger partial charge in [0.25, 0.3) is 0 Å². The number of aryl methyl sites for hydroxylation is 1. The molecule has 0 fully saturated rings. The molecule has 4 rings (SSSR count). The van der Waals surface area contributed by atoms with Crippen LogP contribution in [0.2, 0.25) is 5.02 Å². The third-order valence-electron chi connectivity index (χ3n) is 5.30. The second kappa shape index (κ2) is 7.80. The van der Waals surface area contributed by atoms with Crippen LogP contribution in [0.25, 0.3) is 16.9 Å². The third kappa shape index (κ3) is 3.33. The normalized spacial score (nSPS) is 15.5. The Labute approximate surface area is 170 Å². The van der Waals surface area contributed by atoms with Gasteiger partial charge in [-0.2, -0.15) is 5.10 Å². The van der Waals surface area contributed by atoms with E-state index in [4.69, 9.17) is 21.4 Å². The lowest BCUT2D eigenvalue weighted by Gasteiger charge is -2.15. The first-order chi connectivity index (χ1) is 13.6. The van der Waals surface area contributed by atoms with Crippen LogP contribution < -0.4 is 0 Å². The first-order valence-electron chi connectivity index (χ1n) is 9.74. The summed E-state index contributed by atoms with van der Waals surface area (Å²) in [5.74, 6) is -0.289. The maximum Gasteiger partial charge on any atom is 0.309 e. The summed E-state index contributed by atoms with van der Waals surface area (Å²) in [6.45, 7) is 4.39. The second-order valence-electron chi connectivity index (χ2n) is 7.03. The maximum absolute atomic E-state index is 12.3. The summed E-state index contributed by atoms with van der Waals surface area (Å²) in [6, 6.07) is 16.1. The molecule has 5 heteroatoms. The van der Waals surface area contributed by atoms with Crippen LogP contribution in [0.4, 0.5) is 0 Å². The number of fused-ring (bicyclic) bond motifs is 1. The van der Waals surface area contributed by atoms with Crippen LogP contribution in [0.15, 0.2) is 48.5 Å². The van der Waals surface area contributed by atoms with Crippen LogP contribution in [0.5, 0.6) is 0 Å². The fourth-order valence-electron chi connectivity index (χ4n) is 3.95. The van der Waals surface area contributed by atoms with Crippen molar-refractivity contribution in [3.8, 4) is 16.9 Å². The summed E-state index contributed by atoms with van der Waals surface area (Å²) < 4.78 is 7.28.